The van der Waals surface area contributed by atoms with Crippen molar-refractivity contribution in [1.82, 2.24) is 0 Å². The zero-order valence-corrected chi connectivity index (χ0v) is 7.96. The Morgan fingerprint density at radius 3 is 2.71 bits per heavy atom. The van der Waals surface area contributed by atoms with Crippen LogP contribution in [0, 0.1) is 11.7 Å². The van der Waals surface area contributed by atoms with Crippen LogP contribution in [0.25, 0.3) is 0 Å². The quantitative estimate of drug-likeness (QED) is 0.822. The molecule has 14 heavy (non-hydrogen) atoms. The lowest BCUT2D eigenvalue weighted by molar-refractivity contribution is -0.138. The van der Waals surface area contributed by atoms with Crippen LogP contribution in [-0.2, 0) is 4.79 Å². The first-order chi connectivity index (χ1) is 6.58. The van der Waals surface area contributed by atoms with Gasteiger partial charge in [0.1, 0.15) is 5.82 Å². The largest absolute Gasteiger partial charge is 0.481 e. The van der Waals surface area contributed by atoms with Crippen molar-refractivity contribution in [1.29, 1.82) is 0 Å². The predicted octanol–water partition coefficient (Wildman–Crippen LogP) is 2.67. The lowest BCUT2D eigenvalue weighted by Gasteiger charge is -1.99. The molecule has 0 radical (unpaired) electrons. The number of aliphatic carboxylic acids is 1. The molecule has 4 heteroatoms. The van der Waals surface area contributed by atoms with Crippen LogP contribution in [-0.4, -0.2) is 11.1 Å². The molecule has 1 aromatic carbocycles. The van der Waals surface area contributed by atoms with E-state index in [0.29, 0.717) is 17.0 Å². The molecule has 0 aliphatic heterocycles. The number of halogens is 2. The third-order valence-electron chi connectivity index (χ3n) is 2.42. The molecule has 1 aromatic rings. The van der Waals surface area contributed by atoms with E-state index in [1.165, 1.54) is 12.1 Å². The normalized spacial score (nSPS) is 24.7. The van der Waals surface area contributed by atoms with Gasteiger partial charge in [0.15, 0.2) is 0 Å². The smallest absolute Gasteiger partial charge is 0.307 e. The van der Waals surface area contributed by atoms with Crippen molar-refractivity contribution in [2.24, 2.45) is 5.92 Å². The van der Waals surface area contributed by atoms with Gasteiger partial charge in [0.2, 0.25) is 0 Å². The van der Waals surface area contributed by atoms with Gasteiger partial charge in [-0.3, -0.25) is 4.79 Å². The molecule has 1 aliphatic carbocycles. The number of rotatable bonds is 2. The molecular weight excluding hydrogens is 207 g/mol. The lowest BCUT2D eigenvalue weighted by atomic mass is 10.1. The van der Waals surface area contributed by atoms with Crippen LogP contribution in [0.2, 0.25) is 5.02 Å². The Balaban J connectivity index is 2.23. The minimum atomic E-state index is -0.824. The predicted molar refractivity (Wildman–Crippen MR) is 49.9 cm³/mol. The van der Waals surface area contributed by atoms with Crippen LogP contribution in [0.5, 0.6) is 0 Å². The maximum atomic E-state index is 12.9. The summed E-state index contributed by atoms with van der Waals surface area (Å²) in [6.45, 7) is 0. The molecule has 1 saturated carbocycles. The molecule has 0 aromatic heterocycles. The van der Waals surface area contributed by atoms with Crippen molar-refractivity contribution in [3.63, 3.8) is 0 Å². The molecule has 0 amide bonds. The van der Waals surface area contributed by atoms with Gasteiger partial charge in [-0.15, -0.1) is 0 Å². The minimum Gasteiger partial charge on any atom is -0.481 e. The molecule has 2 nitrogen and oxygen atoms in total. The first kappa shape index (κ1) is 9.46. The zero-order chi connectivity index (χ0) is 10.3. The van der Waals surface area contributed by atoms with E-state index in [4.69, 9.17) is 16.7 Å². The zero-order valence-electron chi connectivity index (χ0n) is 7.21. The van der Waals surface area contributed by atoms with Gasteiger partial charge in [0.25, 0.3) is 0 Å². The molecule has 2 atom stereocenters. The molecule has 0 bridgehead atoms. The Bertz CT molecular complexity index is 371. The molecule has 74 valence electrons. The average molecular weight is 215 g/mol. The van der Waals surface area contributed by atoms with Crippen LogP contribution in [0.15, 0.2) is 18.2 Å². The number of carboxylic acid groups (broad SMARTS) is 1. The molecular formula is C10H8ClFO2. The third-order valence-corrected chi connectivity index (χ3v) is 2.64. The van der Waals surface area contributed by atoms with E-state index >= 15 is 0 Å². The van der Waals surface area contributed by atoms with Gasteiger partial charge in [-0.25, -0.2) is 4.39 Å². The molecule has 2 rings (SSSR count). The molecule has 0 saturated heterocycles. The highest BCUT2D eigenvalue weighted by Crippen LogP contribution is 2.48. The van der Waals surface area contributed by atoms with E-state index in [0.717, 1.165) is 0 Å². The van der Waals surface area contributed by atoms with Crippen molar-refractivity contribution in [2.45, 2.75) is 12.3 Å². The highest BCUT2D eigenvalue weighted by molar-refractivity contribution is 6.30. The van der Waals surface area contributed by atoms with Crippen molar-refractivity contribution in [3.05, 3.63) is 34.6 Å². The molecule has 0 spiro atoms. The van der Waals surface area contributed by atoms with Gasteiger partial charge in [-0.2, -0.15) is 0 Å². The number of hydrogen-bond donors (Lipinski definition) is 1. The van der Waals surface area contributed by atoms with E-state index in [-0.39, 0.29) is 11.8 Å². The topological polar surface area (TPSA) is 37.3 Å². The van der Waals surface area contributed by atoms with Gasteiger partial charge in [-0.05, 0) is 36.1 Å². The summed E-state index contributed by atoms with van der Waals surface area (Å²) in [5.74, 6) is -1.67. The van der Waals surface area contributed by atoms with Gasteiger partial charge in [0, 0.05) is 5.02 Å². The first-order valence-corrected chi connectivity index (χ1v) is 4.64. The Kier molecular flexibility index (Phi) is 2.19. The molecule has 1 N–H and O–H groups in total. The standard InChI is InChI=1S/C10H8ClFO2/c11-6-1-5(2-7(12)3-6)8-4-9(8)10(13)14/h1-3,8-9H,4H2,(H,13,14)/t8-,9+/m0/s1. The average Bonchev–Trinajstić information content (AvgIpc) is 2.79. The van der Waals surface area contributed by atoms with E-state index in [9.17, 15) is 9.18 Å². The fourth-order valence-electron chi connectivity index (χ4n) is 1.63. The van der Waals surface area contributed by atoms with Crippen molar-refractivity contribution >= 4 is 17.6 Å². The van der Waals surface area contributed by atoms with Crippen molar-refractivity contribution in [2.75, 3.05) is 0 Å². The summed E-state index contributed by atoms with van der Waals surface area (Å²) < 4.78 is 12.9. The Hall–Kier alpha value is -1.09. The van der Waals surface area contributed by atoms with E-state index in [2.05, 4.69) is 0 Å². The van der Waals surface area contributed by atoms with E-state index in [1.807, 2.05) is 0 Å². The SMILES string of the molecule is O=C(O)[C@@H]1C[C@H]1c1cc(F)cc(Cl)c1. The second kappa shape index (κ2) is 3.24. The van der Waals surface area contributed by atoms with Gasteiger partial charge in [0.05, 0.1) is 5.92 Å². The summed E-state index contributed by atoms with van der Waals surface area (Å²) in [7, 11) is 0. The van der Waals surface area contributed by atoms with Gasteiger partial charge < -0.3 is 5.11 Å². The number of hydrogen-bond acceptors (Lipinski definition) is 1. The van der Waals surface area contributed by atoms with Crippen LogP contribution in [0.4, 0.5) is 4.39 Å². The van der Waals surface area contributed by atoms with Crippen LogP contribution >= 0.6 is 11.6 Å². The summed E-state index contributed by atoms with van der Waals surface area (Å²) in [4.78, 5) is 10.6. The highest BCUT2D eigenvalue weighted by atomic mass is 35.5. The van der Waals surface area contributed by atoms with Crippen molar-refractivity contribution < 1.29 is 14.3 Å². The summed E-state index contributed by atoms with van der Waals surface area (Å²) in [5.41, 5.74) is 0.683. The number of carboxylic acids is 1. The molecule has 0 unspecified atom stereocenters. The second-order valence-corrected chi connectivity index (χ2v) is 3.93. The monoisotopic (exact) mass is 214 g/mol. The van der Waals surface area contributed by atoms with Crippen LogP contribution in [0.1, 0.15) is 17.9 Å². The van der Waals surface area contributed by atoms with Crippen molar-refractivity contribution in [3.8, 4) is 0 Å². The summed E-state index contributed by atoms with van der Waals surface area (Å²) in [6.07, 6.45) is 0.578. The molecule has 0 heterocycles. The Morgan fingerprint density at radius 1 is 1.50 bits per heavy atom. The Morgan fingerprint density at radius 2 is 2.21 bits per heavy atom. The highest BCUT2D eigenvalue weighted by Gasteiger charge is 2.44. The third kappa shape index (κ3) is 1.73. The van der Waals surface area contributed by atoms with Gasteiger partial charge in [-0.1, -0.05) is 11.6 Å². The maximum Gasteiger partial charge on any atom is 0.307 e. The first-order valence-electron chi connectivity index (χ1n) is 4.26. The number of carbonyl (C=O) groups is 1. The fourth-order valence-corrected chi connectivity index (χ4v) is 1.86. The fraction of sp³-hybridized carbons (Fsp3) is 0.300. The van der Waals surface area contributed by atoms with E-state index < -0.39 is 11.8 Å². The molecule has 1 fully saturated rings. The van der Waals surface area contributed by atoms with E-state index in [1.54, 1.807) is 6.07 Å². The summed E-state index contributed by atoms with van der Waals surface area (Å²) in [6, 6.07) is 4.18. The van der Waals surface area contributed by atoms with Crippen LogP contribution in [0.3, 0.4) is 0 Å². The Labute approximate surface area is 85.3 Å². The maximum absolute atomic E-state index is 12.9. The summed E-state index contributed by atoms with van der Waals surface area (Å²) >= 11 is 5.66. The number of benzene rings is 1. The minimum absolute atomic E-state index is 0.0688. The van der Waals surface area contributed by atoms with Gasteiger partial charge >= 0.3 is 5.97 Å². The molecule has 1 aliphatic rings. The summed E-state index contributed by atoms with van der Waals surface area (Å²) in [5, 5.41) is 9.01. The van der Waals surface area contributed by atoms with Crippen LogP contribution < -0.4 is 0 Å². The lowest BCUT2D eigenvalue weighted by Crippen LogP contribution is -1.99. The second-order valence-electron chi connectivity index (χ2n) is 3.49.